The number of aromatic nitrogens is 4. The van der Waals surface area contributed by atoms with Crippen LogP contribution < -0.4 is 5.32 Å². The zero-order chi connectivity index (χ0) is 18.8. The Morgan fingerprint density at radius 1 is 1.37 bits per heavy atom. The predicted molar refractivity (Wildman–Crippen MR) is 104 cm³/mol. The Kier molecular flexibility index (Phi) is 4.75. The molecule has 27 heavy (non-hydrogen) atoms. The number of rotatable bonds is 5. The maximum absolute atomic E-state index is 11.3. The molecule has 0 bridgehead atoms. The molecule has 3 aromatic heterocycles. The predicted octanol–water partition coefficient (Wildman–Crippen LogP) is 3.64. The highest BCUT2D eigenvalue weighted by Crippen LogP contribution is 2.31. The molecule has 0 radical (unpaired) electrons. The molecule has 2 atom stereocenters. The molecule has 0 saturated heterocycles. The topological polar surface area (TPSA) is 104 Å². The summed E-state index contributed by atoms with van der Waals surface area (Å²) in [5.74, 6) is -0.447. The van der Waals surface area contributed by atoms with Gasteiger partial charge in [-0.25, -0.2) is 15.0 Å². The van der Waals surface area contributed by atoms with Crippen LogP contribution in [-0.2, 0) is 11.2 Å². The van der Waals surface area contributed by atoms with Gasteiger partial charge in [0.15, 0.2) is 0 Å². The molecule has 0 amide bonds. The molecule has 7 heteroatoms. The number of H-pyrrole nitrogens is 1. The van der Waals surface area contributed by atoms with Gasteiger partial charge in [0.05, 0.1) is 11.6 Å². The molecule has 0 aliphatic heterocycles. The van der Waals surface area contributed by atoms with Gasteiger partial charge in [0.1, 0.15) is 5.65 Å². The lowest BCUT2D eigenvalue weighted by Crippen LogP contribution is -2.31. The van der Waals surface area contributed by atoms with E-state index in [4.69, 9.17) is 4.98 Å². The van der Waals surface area contributed by atoms with Crippen molar-refractivity contribution in [2.24, 2.45) is 5.92 Å². The molecule has 3 heterocycles. The molecule has 1 aliphatic rings. The molecule has 140 valence electrons. The van der Waals surface area contributed by atoms with E-state index >= 15 is 0 Å². The van der Waals surface area contributed by atoms with E-state index in [2.05, 4.69) is 27.2 Å². The summed E-state index contributed by atoms with van der Waals surface area (Å²) >= 11 is 0. The van der Waals surface area contributed by atoms with Crippen molar-refractivity contribution in [2.45, 2.75) is 45.1 Å². The van der Waals surface area contributed by atoms with Gasteiger partial charge in [-0.05, 0) is 43.4 Å². The van der Waals surface area contributed by atoms with Crippen molar-refractivity contribution in [3.05, 3.63) is 36.3 Å². The van der Waals surface area contributed by atoms with Crippen LogP contribution in [-0.4, -0.2) is 37.1 Å². The summed E-state index contributed by atoms with van der Waals surface area (Å²) in [6.45, 7) is 2.08. The van der Waals surface area contributed by atoms with Crippen molar-refractivity contribution in [3.8, 4) is 11.3 Å². The molecule has 1 aliphatic carbocycles. The molecule has 1 saturated carbocycles. The van der Waals surface area contributed by atoms with Crippen molar-refractivity contribution >= 4 is 23.0 Å². The lowest BCUT2D eigenvalue weighted by molar-refractivity contribution is -0.142. The van der Waals surface area contributed by atoms with Gasteiger partial charge in [0.25, 0.3) is 0 Å². The number of hydrogen-bond donors (Lipinski definition) is 3. The largest absolute Gasteiger partial charge is 0.481 e. The first-order valence-electron chi connectivity index (χ1n) is 9.43. The number of carbonyl (C=O) groups is 1. The van der Waals surface area contributed by atoms with E-state index in [1.807, 2.05) is 24.5 Å². The molecule has 4 rings (SSSR count). The van der Waals surface area contributed by atoms with Gasteiger partial charge in [-0.1, -0.05) is 13.3 Å². The highest BCUT2D eigenvalue weighted by Gasteiger charge is 2.27. The van der Waals surface area contributed by atoms with Crippen molar-refractivity contribution in [2.75, 3.05) is 5.32 Å². The van der Waals surface area contributed by atoms with Gasteiger partial charge in [0, 0.05) is 35.6 Å². The lowest BCUT2D eigenvalue weighted by Gasteiger charge is -2.27. The van der Waals surface area contributed by atoms with Gasteiger partial charge in [-0.3, -0.25) is 4.79 Å². The Morgan fingerprint density at radius 2 is 2.26 bits per heavy atom. The van der Waals surface area contributed by atoms with Crippen LogP contribution in [0.5, 0.6) is 0 Å². The summed E-state index contributed by atoms with van der Waals surface area (Å²) < 4.78 is 0. The second kappa shape index (κ2) is 7.34. The number of nitrogens with zero attached hydrogens (tertiary/aromatic N) is 3. The normalized spacial score (nSPS) is 19.9. The number of pyridine rings is 1. The number of nitrogens with one attached hydrogen (secondary N) is 2. The summed E-state index contributed by atoms with van der Waals surface area (Å²) in [6.07, 6.45) is 9.58. The highest BCUT2D eigenvalue weighted by atomic mass is 16.4. The molecule has 1 unspecified atom stereocenters. The van der Waals surface area contributed by atoms with Crippen LogP contribution in [0.15, 0.2) is 30.7 Å². The van der Waals surface area contributed by atoms with E-state index in [1.165, 1.54) is 0 Å². The quantitative estimate of drug-likeness (QED) is 0.638. The first-order chi connectivity index (χ1) is 13.2. The van der Waals surface area contributed by atoms with Crippen molar-refractivity contribution in [3.63, 3.8) is 0 Å². The number of hydrogen-bond acceptors (Lipinski definition) is 5. The molecule has 3 N–H and O–H groups in total. The molecule has 7 nitrogen and oxygen atoms in total. The third-order valence-electron chi connectivity index (χ3n) is 5.31. The number of fused-ring (bicyclic) bond motifs is 1. The van der Waals surface area contributed by atoms with Gasteiger partial charge in [-0.2, -0.15) is 0 Å². The number of aromatic amines is 1. The van der Waals surface area contributed by atoms with Crippen molar-refractivity contribution in [1.82, 2.24) is 19.9 Å². The second-order valence-electron chi connectivity index (χ2n) is 7.07. The average molecular weight is 365 g/mol. The number of carboxylic acids is 1. The molecular formula is C20H23N5O2. The van der Waals surface area contributed by atoms with Crippen LogP contribution in [0, 0.1) is 5.92 Å². The minimum atomic E-state index is -0.712. The maximum Gasteiger partial charge on any atom is 0.306 e. The van der Waals surface area contributed by atoms with Crippen LogP contribution in [0.3, 0.4) is 0 Å². The minimum Gasteiger partial charge on any atom is -0.481 e. The standard InChI is InChI=1S/C20H23N5O2/c1-2-12-10-23-20(24-14-6-3-5-13(9-14)19(26)27)25-17(12)16-11-22-18-15(16)7-4-8-21-18/h4,7-8,10-11,13-14H,2-3,5-6,9H2,1H3,(H,21,22)(H,26,27)(H,23,24,25)/t13-,14?/m1/s1. The fourth-order valence-corrected chi connectivity index (χ4v) is 3.85. The van der Waals surface area contributed by atoms with Crippen LogP contribution in [0.4, 0.5) is 5.95 Å². The number of aryl methyl sites for hydroxylation is 1. The number of aliphatic carboxylic acids is 1. The number of carboxylic acid groups (broad SMARTS) is 1. The van der Waals surface area contributed by atoms with E-state index in [0.717, 1.165) is 53.5 Å². The molecule has 0 spiro atoms. The van der Waals surface area contributed by atoms with E-state index in [-0.39, 0.29) is 12.0 Å². The highest BCUT2D eigenvalue weighted by molar-refractivity contribution is 5.93. The second-order valence-corrected chi connectivity index (χ2v) is 7.07. The van der Waals surface area contributed by atoms with Crippen LogP contribution in [0.1, 0.15) is 38.2 Å². The third-order valence-corrected chi connectivity index (χ3v) is 5.31. The van der Waals surface area contributed by atoms with E-state index < -0.39 is 5.97 Å². The Bertz CT molecular complexity index is 968. The van der Waals surface area contributed by atoms with Gasteiger partial charge in [0.2, 0.25) is 5.95 Å². The average Bonchev–Trinajstić information content (AvgIpc) is 3.12. The Hall–Kier alpha value is -2.96. The van der Waals surface area contributed by atoms with Crippen molar-refractivity contribution in [1.29, 1.82) is 0 Å². The van der Waals surface area contributed by atoms with E-state index in [9.17, 15) is 9.90 Å². The zero-order valence-corrected chi connectivity index (χ0v) is 15.3. The fraction of sp³-hybridized carbons (Fsp3) is 0.400. The first kappa shape index (κ1) is 17.5. The first-order valence-corrected chi connectivity index (χ1v) is 9.43. The molecule has 3 aromatic rings. The lowest BCUT2D eigenvalue weighted by atomic mass is 9.86. The molecule has 0 aromatic carbocycles. The third kappa shape index (κ3) is 3.49. The Morgan fingerprint density at radius 3 is 3.07 bits per heavy atom. The van der Waals surface area contributed by atoms with Crippen LogP contribution in [0.2, 0.25) is 0 Å². The summed E-state index contributed by atoms with van der Waals surface area (Å²) in [5, 5.41) is 13.7. The SMILES string of the molecule is CCc1cnc(NC2CCC[C@@H](C(=O)O)C2)nc1-c1c[nH]c2ncccc12. The minimum absolute atomic E-state index is 0.0878. The van der Waals surface area contributed by atoms with Gasteiger partial charge >= 0.3 is 5.97 Å². The van der Waals surface area contributed by atoms with E-state index in [1.54, 1.807) is 6.20 Å². The molecular weight excluding hydrogens is 342 g/mol. The summed E-state index contributed by atoms with van der Waals surface area (Å²) in [5.41, 5.74) is 3.80. The molecule has 1 fully saturated rings. The zero-order valence-electron chi connectivity index (χ0n) is 15.3. The van der Waals surface area contributed by atoms with Gasteiger partial charge < -0.3 is 15.4 Å². The maximum atomic E-state index is 11.3. The fourth-order valence-electron chi connectivity index (χ4n) is 3.85. The Labute approximate surface area is 157 Å². The van der Waals surface area contributed by atoms with Crippen molar-refractivity contribution < 1.29 is 9.90 Å². The van der Waals surface area contributed by atoms with Gasteiger partial charge in [-0.15, -0.1) is 0 Å². The van der Waals surface area contributed by atoms with E-state index in [0.29, 0.717) is 12.4 Å². The summed E-state index contributed by atoms with van der Waals surface area (Å²) in [4.78, 5) is 28.1. The van der Waals surface area contributed by atoms with Crippen LogP contribution >= 0.6 is 0 Å². The number of anilines is 1. The monoisotopic (exact) mass is 365 g/mol. The summed E-state index contributed by atoms with van der Waals surface area (Å²) in [6, 6.07) is 4.03. The summed E-state index contributed by atoms with van der Waals surface area (Å²) in [7, 11) is 0. The Balaban J connectivity index is 1.64. The smallest absolute Gasteiger partial charge is 0.306 e. The van der Waals surface area contributed by atoms with Crippen LogP contribution in [0.25, 0.3) is 22.3 Å².